The predicted molar refractivity (Wildman–Crippen MR) is 55.6 cm³/mol. The number of hydrogen-bond donors (Lipinski definition) is 1. The predicted octanol–water partition coefficient (Wildman–Crippen LogP) is 2.89. The molecule has 2 rings (SSSR count). The highest BCUT2D eigenvalue weighted by Crippen LogP contribution is 2.31. The van der Waals surface area contributed by atoms with Gasteiger partial charge in [-0.15, -0.1) is 0 Å². The Balaban J connectivity index is 2.13. The van der Waals surface area contributed by atoms with Crippen molar-refractivity contribution < 1.29 is 0 Å². The molecule has 1 heteroatoms. The van der Waals surface area contributed by atoms with Crippen LogP contribution in [-0.4, -0.2) is 5.54 Å². The maximum Gasteiger partial charge on any atom is 0.0325 e. The maximum atomic E-state index is 3.65. The van der Waals surface area contributed by atoms with Gasteiger partial charge in [-0.2, -0.15) is 0 Å². The molecule has 1 fully saturated rings. The molecule has 13 heavy (non-hydrogen) atoms. The second kappa shape index (κ2) is 3.15. The Labute approximate surface area is 80.2 Å². The normalized spacial score (nSPS) is 26.2. The van der Waals surface area contributed by atoms with Crippen LogP contribution in [0.3, 0.4) is 0 Å². The highest BCUT2D eigenvalue weighted by atomic mass is 15.0. The van der Waals surface area contributed by atoms with Crippen molar-refractivity contribution in [3.05, 3.63) is 35.9 Å². The summed E-state index contributed by atoms with van der Waals surface area (Å²) in [5.41, 5.74) is 1.74. The molecular weight excluding hydrogens is 158 g/mol. The van der Waals surface area contributed by atoms with Crippen molar-refractivity contribution in [3.8, 4) is 0 Å². The number of nitrogens with one attached hydrogen (secondary N) is 1. The van der Waals surface area contributed by atoms with Gasteiger partial charge in [0.2, 0.25) is 0 Å². The summed E-state index contributed by atoms with van der Waals surface area (Å²) in [6, 6.07) is 11.3. The molecule has 1 aromatic carbocycles. The fourth-order valence-corrected chi connectivity index (χ4v) is 2.06. The van der Waals surface area contributed by atoms with E-state index in [1.807, 2.05) is 0 Å². The molecule has 0 radical (unpaired) electrons. The third-order valence-electron chi connectivity index (χ3n) is 2.82. The largest absolute Gasteiger partial charge is 0.305 e. The maximum absolute atomic E-state index is 3.65. The second-order valence-electron chi connectivity index (χ2n) is 4.53. The molecule has 1 saturated heterocycles. The summed E-state index contributed by atoms with van der Waals surface area (Å²) >= 11 is 0. The summed E-state index contributed by atoms with van der Waals surface area (Å²) in [5.74, 6) is 0. The van der Waals surface area contributed by atoms with Gasteiger partial charge in [0, 0.05) is 11.6 Å². The number of benzene rings is 1. The van der Waals surface area contributed by atoms with Crippen molar-refractivity contribution in [2.24, 2.45) is 0 Å². The van der Waals surface area contributed by atoms with E-state index in [1.54, 1.807) is 0 Å². The lowest BCUT2D eigenvalue weighted by atomic mass is 10.0. The summed E-state index contributed by atoms with van der Waals surface area (Å²) < 4.78 is 0. The molecule has 0 amide bonds. The van der Waals surface area contributed by atoms with Crippen LogP contribution in [0, 0.1) is 0 Å². The molecule has 0 aromatic heterocycles. The Kier molecular flexibility index (Phi) is 2.12. The SMILES string of the molecule is CC1(C)CC[C@@H](c2ccccc2)N1. The monoisotopic (exact) mass is 175 g/mol. The molecule has 0 aliphatic carbocycles. The van der Waals surface area contributed by atoms with E-state index in [0.29, 0.717) is 11.6 Å². The standard InChI is InChI=1S/C12H17N/c1-12(2)9-8-11(13-12)10-6-4-3-5-7-10/h3-7,11,13H,8-9H2,1-2H3/t11-/m0/s1. The minimum atomic E-state index is 0.320. The average Bonchev–Trinajstić information content (AvgIpc) is 2.48. The van der Waals surface area contributed by atoms with Gasteiger partial charge in [0.05, 0.1) is 0 Å². The van der Waals surface area contributed by atoms with Gasteiger partial charge in [-0.3, -0.25) is 0 Å². The second-order valence-corrected chi connectivity index (χ2v) is 4.53. The van der Waals surface area contributed by atoms with Gasteiger partial charge in [0.1, 0.15) is 0 Å². The van der Waals surface area contributed by atoms with Crippen molar-refractivity contribution in [1.29, 1.82) is 0 Å². The van der Waals surface area contributed by atoms with E-state index in [1.165, 1.54) is 18.4 Å². The molecule has 1 nitrogen and oxygen atoms in total. The quantitative estimate of drug-likeness (QED) is 0.692. The Morgan fingerprint density at radius 1 is 1.23 bits per heavy atom. The van der Waals surface area contributed by atoms with E-state index in [-0.39, 0.29) is 0 Å². The lowest BCUT2D eigenvalue weighted by molar-refractivity contribution is 0.433. The zero-order valence-corrected chi connectivity index (χ0v) is 8.38. The summed E-state index contributed by atoms with van der Waals surface area (Å²) in [5, 5.41) is 3.65. The van der Waals surface area contributed by atoms with Crippen LogP contribution in [0.2, 0.25) is 0 Å². The molecular formula is C12H17N. The van der Waals surface area contributed by atoms with E-state index in [9.17, 15) is 0 Å². The van der Waals surface area contributed by atoms with Gasteiger partial charge < -0.3 is 5.32 Å². The molecule has 0 bridgehead atoms. The molecule has 70 valence electrons. The summed E-state index contributed by atoms with van der Waals surface area (Å²) in [6.07, 6.45) is 2.53. The minimum Gasteiger partial charge on any atom is -0.305 e. The van der Waals surface area contributed by atoms with Crippen LogP contribution in [0.15, 0.2) is 30.3 Å². The van der Waals surface area contributed by atoms with E-state index in [4.69, 9.17) is 0 Å². The van der Waals surface area contributed by atoms with Crippen LogP contribution in [0.4, 0.5) is 0 Å². The lowest BCUT2D eigenvalue weighted by Gasteiger charge is -2.20. The topological polar surface area (TPSA) is 12.0 Å². The van der Waals surface area contributed by atoms with Gasteiger partial charge in [-0.25, -0.2) is 0 Å². The van der Waals surface area contributed by atoms with Crippen molar-refractivity contribution in [3.63, 3.8) is 0 Å². The lowest BCUT2D eigenvalue weighted by Crippen LogP contribution is -2.33. The first-order valence-electron chi connectivity index (χ1n) is 5.00. The van der Waals surface area contributed by atoms with Crippen LogP contribution < -0.4 is 5.32 Å². The molecule has 1 atom stereocenters. The van der Waals surface area contributed by atoms with Gasteiger partial charge in [-0.1, -0.05) is 30.3 Å². The minimum absolute atomic E-state index is 0.320. The van der Waals surface area contributed by atoms with Gasteiger partial charge in [0.25, 0.3) is 0 Å². The van der Waals surface area contributed by atoms with Crippen LogP contribution in [-0.2, 0) is 0 Å². The first kappa shape index (κ1) is 8.76. The first-order chi connectivity index (χ1) is 6.17. The number of rotatable bonds is 1. The summed E-state index contributed by atoms with van der Waals surface area (Å²) in [4.78, 5) is 0. The van der Waals surface area contributed by atoms with Crippen LogP contribution in [0.5, 0.6) is 0 Å². The van der Waals surface area contributed by atoms with E-state index < -0.39 is 0 Å². The Hall–Kier alpha value is -0.820. The zero-order valence-electron chi connectivity index (χ0n) is 8.38. The van der Waals surface area contributed by atoms with E-state index in [2.05, 4.69) is 49.5 Å². The van der Waals surface area contributed by atoms with Gasteiger partial charge in [-0.05, 0) is 32.3 Å². The van der Waals surface area contributed by atoms with Crippen LogP contribution in [0.1, 0.15) is 38.3 Å². The third-order valence-corrected chi connectivity index (χ3v) is 2.82. The Morgan fingerprint density at radius 2 is 1.92 bits per heavy atom. The van der Waals surface area contributed by atoms with Crippen molar-refractivity contribution in [2.75, 3.05) is 0 Å². The average molecular weight is 175 g/mol. The Morgan fingerprint density at radius 3 is 2.46 bits per heavy atom. The van der Waals surface area contributed by atoms with Crippen LogP contribution in [0.25, 0.3) is 0 Å². The molecule has 1 aliphatic rings. The van der Waals surface area contributed by atoms with Gasteiger partial charge in [0.15, 0.2) is 0 Å². The van der Waals surface area contributed by atoms with Crippen molar-refractivity contribution >= 4 is 0 Å². The van der Waals surface area contributed by atoms with E-state index >= 15 is 0 Å². The van der Waals surface area contributed by atoms with Crippen LogP contribution >= 0.6 is 0 Å². The molecule has 1 heterocycles. The fourth-order valence-electron chi connectivity index (χ4n) is 2.06. The molecule has 1 aliphatic heterocycles. The highest BCUT2D eigenvalue weighted by molar-refractivity contribution is 5.20. The number of hydrogen-bond acceptors (Lipinski definition) is 1. The highest BCUT2D eigenvalue weighted by Gasteiger charge is 2.30. The summed E-state index contributed by atoms with van der Waals surface area (Å²) in [6.45, 7) is 4.55. The molecule has 1 N–H and O–H groups in total. The fraction of sp³-hybridized carbons (Fsp3) is 0.500. The third kappa shape index (κ3) is 1.92. The zero-order chi connectivity index (χ0) is 9.31. The van der Waals surface area contributed by atoms with Crippen molar-refractivity contribution in [2.45, 2.75) is 38.3 Å². The molecule has 0 unspecified atom stereocenters. The van der Waals surface area contributed by atoms with E-state index in [0.717, 1.165) is 0 Å². The smallest absolute Gasteiger partial charge is 0.0325 e. The Bertz CT molecular complexity index is 276. The van der Waals surface area contributed by atoms with Gasteiger partial charge >= 0.3 is 0 Å². The molecule has 0 spiro atoms. The molecule has 1 aromatic rings. The van der Waals surface area contributed by atoms with Crippen molar-refractivity contribution in [1.82, 2.24) is 5.32 Å². The molecule has 0 saturated carbocycles. The first-order valence-corrected chi connectivity index (χ1v) is 5.00. The summed E-state index contributed by atoms with van der Waals surface area (Å²) in [7, 11) is 0.